The van der Waals surface area contributed by atoms with Gasteiger partial charge in [0.15, 0.2) is 6.10 Å². The predicted octanol–water partition coefficient (Wildman–Crippen LogP) is -2.64. The highest BCUT2D eigenvalue weighted by molar-refractivity contribution is 5.99. The number of phenolic OH excluding ortho intramolecular Hbond substituents is 2. The number of ether oxygens (including phenoxy) is 1. The van der Waals surface area contributed by atoms with Crippen LogP contribution in [-0.2, 0) is 65.5 Å². The van der Waals surface area contributed by atoms with Crippen LogP contribution in [0.3, 0.4) is 0 Å². The number of benzene rings is 2. The van der Waals surface area contributed by atoms with Gasteiger partial charge in [0.2, 0.25) is 47.3 Å². The molecule has 13 atom stereocenters. The van der Waals surface area contributed by atoms with E-state index >= 15 is 0 Å². The first-order chi connectivity index (χ1) is 37.2. The summed E-state index contributed by atoms with van der Waals surface area (Å²) in [4.78, 5) is 143. The fourth-order valence-electron chi connectivity index (χ4n) is 9.09. The fourth-order valence-corrected chi connectivity index (χ4v) is 9.09. The highest BCUT2D eigenvalue weighted by Gasteiger charge is 2.47. The van der Waals surface area contributed by atoms with Crippen molar-refractivity contribution in [3.05, 3.63) is 59.7 Å². The molecule has 14 N–H and O–H groups in total. The fraction of sp³-hybridized carbons (Fsp3) is 0.585. The van der Waals surface area contributed by atoms with Gasteiger partial charge in [-0.2, -0.15) is 0 Å². The second kappa shape index (κ2) is 29.5. The van der Waals surface area contributed by atoms with Gasteiger partial charge in [-0.3, -0.25) is 43.2 Å². The molecule has 2 aliphatic heterocycles. The maximum absolute atomic E-state index is 14.8. The number of aromatic hydroxyl groups is 2. The van der Waals surface area contributed by atoms with Crippen LogP contribution in [0, 0.1) is 11.8 Å². The monoisotopic (exact) mass is 1110 g/mol. The summed E-state index contributed by atoms with van der Waals surface area (Å²) >= 11 is 0. The number of aliphatic hydroxyl groups excluding tert-OH is 4. The maximum Gasteiger partial charge on any atom is 0.329 e. The predicted molar refractivity (Wildman–Crippen MR) is 280 cm³/mol. The van der Waals surface area contributed by atoms with E-state index in [0.29, 0.717) is 11.1 Å². The zero-order chi connectivity index (χ0) is 59.0. The number of carbonyl (C=O) groups excluding carboxylic acids is 10. The number of esters is 1. The molecule has 9 amide bonds. The largest absolute Gasteiger partial charge is 0.508 e. The van der Waals surface area contributed by atoms with Crippen LogP contribution < -0.4 is 37.6 Å². The molecule has 0 radical (unpaired) electrons. The molecule has 26 heteroatoms. The molecule has 0 saturated carbocycles. The van der Waals surface area contributed by atoms with E-state index in [2.05, 4.69) is 31.9 Å². The van der Waals surface area contributed by atoms with Crippen molar-refractivity contribution in [1.82, 2.24) is 41.7 Å². The number of amides is 9. The zero-order valence-corrected chi connectivity index (χ0v) is 45.4. The first kappa shape index (κ1) is 64.1. The smallest absolute Gasteiger partial charge is 0.329 e. The molecule has 4 rings (SSSR count). The van der Waals surface area contributed by atoms with Crippen molar-refractivity contribution in [2.24, 2.45) is 17.6 Å². The van der Waals surface area contributed by atoms with Gasteiger partial charge < -0.3 is 82.8 Å². The van der Waals surface area contributed by atoms with Gasteiger partial charge in [0.05, 0.1) is 12.7 Å². The zero-order valence-electron chi connectivity index (χ0n) is 45.4. The number of primary amides is 1. The number of piperidine rings is 1. The Kier molecular flexibility index (Phi) is 24.0. The van der Waals surface area contributed by atoms with Crippen LogP contribution in [0.4, 0.5) is 0 Å². The third-order valence-electron chi connectivity index (χ3n) is 13.9. The molecule has 0 spiro atoms. The second-order valence-electron chi connectivity index (χ2n) is 20.6. The van der Waals surface area contributed by atoms with E-state index in [4.69, 9.17) is 10.5 Å². The number of phenols is 2. The topological polar surface area (TPSA) is 406 Å². The number of cyclic esters (lactones) is 1. The van der Waals surface area contributed by atoms with Crippen LogP contribution in [0.5, 0.6) is 11.5 Å². The highest BCUT2D eigenvalue weighted by atomic mass is 16.5. The van der Waals surface area contributed by atoms with Gasteiger partial charge in [0, 0.05) is 19.9 Å². The lowest BCUT2D eigenvalue weighted by atomic mass is 9.95. The molecule has 2 aromatic rings. The molecule has 2 bridgehead atoms. The Morgan fingerprint density at radius 3 is 1.91 bits per heavy atom. The molecule has 2 fully saturated rings. The highest BCUT2D eigenvalue weighted by Crippen LogP contribution is 2.26. The molecule has 2 aromatic carbocycles. The Bertz CT molecular complexity index is 2480. The van der Waals surface area contributed by atoms with Gasteiger partial charge in [-0.1, -0.05) is 58.4 Å². The first-order valence-electron chi connectivity index (χ1n) is 26.3. The summed E-state index contributed by atoms with van der Waals surface area (Å²) in [7, 11) is 1.22. The van der Waals surface area contributed by atoms with Gasteiger partial charge in [0.25, 0.3) is 5.91 Å². The van der Waals surface area contributed by atoms with Gasteiger partial charge >= 0.3 is 5.97 Å². The van der Waals surface area contributed by atoms with Crippen LogP contribution in [0.25, 0.3) is 0 Å². The van der Waals surface area contributed by atoms with Crippen molar-refractivity contribution in [1.29, 1.82) is 0 Å². The van der Waals surface area contributed by atoms with Crippen molar-refractivity contribution < 1.29 is 83.3 Å². The Morgan fingerprint density at radius 2 is 1.35 bits per heavy atom. The molecule has 0 aliphatic carbocycles. The Balaban J connectivity index is 1.84. The lowest BCUT2D eigenvalue weighted by Gasteiger charge is -2.43. The molecule has 79 heavy (non-hydrogen) atoms. The van der Waals surface area contributed by atoms with Crippen molar-refractivity contribution in [2.45, 2.75) is 172 Å². The van der Waals surface area contributed by atoms with E-state index in [1.54, 1.807) is 39.8 Å². The number of carbonyl (C=O) groups is 10. The number of aliphatic hydroxyl groups is 4. The maximum atomic E-state index is 14.8. The number of hydrogen-bond acceptors (Lipinski definition) is 17. The van der Waals surface area contributed by atoms with E-state index in [0.717, 1.165) is 9.80 Å². The number of nitrogens with zero attached hydrogens (tertiary/aromatic N) is 2. The first-order valence-corrected chi connectivity index (χ1v) is 26.3. The Morgan fingerprint density at radius 1 is 0.772 bits per heavy atom. The number of nitrogens with one attached hydrogen (secondary N) is 6. The Labute approximate surface area is 457 Å². The van der Waals surface area contributed by atoms with E-state index < -0.39 is 157 Å². The number of aryl methyl sites for hydroxylation is 1. The van der Waals surface area contributed by atoms with Gasteiger partial charge in [-0.15, -0.1) is 0 Å². The number of fused-ring (bicyclic) bond motifs is 2. The number of likely N-dealkylation sites (N-methyl/N-ethyl adjacent to an activating group) is 1. The lowest BCUT2D eigenvalue weighted by Crippen LogP contribution is -2.67. The van der Waals surface area contributed by atoms with Gasteiger partial charge in [0.1, 0.15) is 72.2 Å². The summed E-state index contributed by atoms with van der Waals surface area (Å²) in [6.07, 6.45) is -8.60. The average molecular weight is 1110 g/mol. The van der Waals surface area contributed by atoms with E-state index in [-0.39, 0.29) is 62.4 Å². The Hall–Kier alpha value is -7.42. The number of rotatable bonds is 20. The SMILES string of the molecule is CCC(C)[C@@H]1NC(=O)C(Cc2ccc(O)cc2)N(C)C(=O)[C@H](C(C)O)N2C(=O)C(CCC2O)NC(=O)[C@H](CC(C)C)NC(=O)C(NC(=O)C(CCC(N)=O)NC(=O)C(CCc2ccc(O)cc2)NC(=O)[C@H](O)CO)[C@@H](C)OC1=O. The summed E-state index contributed by atoms with van der Waals surface area (Å²) < 4.78 is 5.91. The molecule has 2 aliphatic rings. The quantitative estimate of drug-likeness (QED) is 0.0603. The summed E-state index contributed by atoms with van der Waals surface area (Å²) in [5, 5.41) is 76.9. The van der Waals surface area contributed by atoms with Crippen molar-refractivity contribution in [3.8, 4) is 11.5 Å². The number of hydrogen-bond donors (Lipinski definition) is 13. The molecular weight excluding hydrogens is 1030 g/mol. The molecule has 436 valence electrons. The van der Waals surface area contributed by atoms with Gasteiger partial charge in [-0.25, -0.2) is 4.79 Å². The minimum Gasteiger partial charge on any atom is -0.508 e. The van der Waals surface area contributed by atoms with Gasteiger partial charge in [-0.05, 0) is 99.6 Å². The lowest BCUT2D eigenvalue weighted by molar-refractivity contribution is -0.170. The van der Waals surface area contributed by atoms with Crippen LogP contribution in [0.15, 0.2) is 48.5 Å². The minimum atomic E-state index is -1.96. The van der Waals surface area contributed by atoms with Crippen molar-refractivity contribution >= 4 is 59.1 Å². The second-order valence-corrected chi connectivity index (χ2v) is 20.6. The minimum absolute atomic E-state index is 0.0484. The van der Waals surface area contributed by atoms with E-state index in [1.165, 1.54) is 57.3 Å². The summed E-state index contributed by atoms with van der Waals surface area (Å²) in [6, 6.07) is -1.54. The normalized spacial score (nSPS) is 24.7. The van der Waals surface area contributed by atoms with Crippen molar-refractivity contribution in [3.63, 3.8) is 0 Å². The molecule has 26 nitrogen and oxygen atoms in total. The summed E-state index contributed by atoms with van der Waals surface area (Å²) in [5.41, 5.74) is 6.48. The van der Waals surface area contributed by atoms with Crippen LogP contribution in [0.2, 0.25) is 0 Å². The molecule has 8 unspecified atom stereocenters. The van der Waals surface area contributed by atoms with Crippen LogP contribution in [0.1, 0.15) is 97.6 Å². The molecular formula is C53H77N9O17. The molecule has 2 heterocycles. The van der Waals surface area contributed by atoms with Crippen LogP contribution >= 0.6 is 0 Å². The number of nitrogens with two attached hydrogens (primary N) is 1. The van der Waals surface area contributed by atoms with Crippen LogP contribution in [-0.4, -0.2) is 186 Å². The van der Waals surface area contributed by atoms with E-state index in [1.807, 2.05) is 0 Å². The standard InChI is InChI=1S/C53H77N9O17/c1-8-27(4)42-53(78)79-29(6)43(60-46(71)35(19-21-40(54)68)55-45(70)34(56-49(74)39(67)25-63)18-13-30-9-14-32(65)15-10-30)50(75)58-37(23-26(2)3)47(72)57-36-20-22-41(69)62(51(36)76)44(28(5)64)52(77)61(7)38(48(73)59-42)24-31-11-16-33(66)17-12-31/h9-12,14-17,26-29,34-39,41-44,63-67,69H,8,13,18-25H2,1-7H3,(H2,54,68)(H,55,70)(H,56,74)(H,57,72)(H,58,75)(H,59,73)(H,60,71)/t27?,28?,29-,34?,35?,36?,37+,38?,39-,41?,42+,43?,44+/m1/s1. The van der Waals surface area contributed by atoms with Crippen molar-refractivity contribution in [2.75, 3.05) is 13.7 Å². The average Bonchev–Trinajstić information content (AvgIpc) is 3.40. The summed E-state index contributed by atoms with van der Waals surface area (Å²) in [5.74, 6) is -11.7. The molecule has 2 saturated heterocycles. The third kappa shape index (κ3) is 18.1. The third-order valence-corrected chi connectivity index (χ3v) is 13.9. The molecule has 0 aromatic heterocycles. The summed E-state index contributed by atoms with van der Waals surface area (Å²) in [6.45, 7) is 8.12. The van der Waals surface area contributed by atoms with E-state index in [9.17, 15) is 78.6 Å².